The van der Waals surface area contributed by atoms with Gasteiger partial charge in [-0.2, -0.15) is 0 Å². The number of rotatable bonds is 10. The van der Waals surface area contributed by atoms with Crippen molar-refractivity contribution in [2.45, 2.75) is 26.8 Å². The standard InChI is InChI=1S/C22H31N3O3/c1-5-12-25(22(27)20-11-7-6-9-18(20)2)17-21(26)24(14-15-28-4)16-19-10-8-13-23(19)3/h6-11,13H,5,12,14-17H2,1-4H3. The zero-order chi connectivity index (χ0) is 20.5. The molecule has 1 heterocycles. The molecule has 0 saturated carbocycles. The highest BCUT2D eigenvalue weighted by molar-refractivity contribution is 5.97. The molecule has 0 saturated heterocycles. The molecule has 152 valence electrons. The zero-order valence-electron chi connectivity index (χ0n) is 17.4. The summed E-state index contributed by atoms with van der Waals surface area (Å²) in [6, 6.07) is 11.5. The van der Waals surface area contributed by atoms with Crippen LogP contribution in [0, 0.1) is 6.92 Å². The molecule has 0 spiro atoms. The van der Waals surface area contributed by atoms with Gasteiger partial charge in [-0.25, -0.2) is 0 Å². The van der Waals surface area contributed by atoms with E-state index in [4.69, 9.17) is 4.74 Å². The van der Waals surface area contributed by atoms with Gasteiger partial charge in [-0.1, -0.05) is 25.1 Å². The van der Waals surface area contributed by atoms with Gasteiger partial charge in [-0.3, -0.25) is 9.59 Å². The van der Waals surface area contributed by atoms with Crippen molar-refractivity contribution < 1.29 is 14.3 Å². The maximum atomic E-state index is 13.1. The zero-order valence-corrected chi connectivity index (χ0v) is 17.4. The Balaban J connectivity index is 2.15. The summed E-state index contributed by atoms with van der Waals surface area (Å²) >= 11 is 0. The molecule has 0 aliphatic carbocycles. The average Bonchev–Trinajstić information content (AvgIpc) is 3.09. The van der Waals surface area contributed by atoms with Crippen LogP contribution in [0.4, 0.5) is 0 Å². The molecule has 6 heteroatoms. The van der Waals surface area contributed by atoms with Crippen molar-refractivity contribution >= 4 is 11.8 Å². The molecule has 0 aliphatic heterocycles. The van der Waals surface area contributed by atoms with Crippen LogP contribution in [0.5, 0.6) is 0 Å². The molecule has 0 unspecified atom stereocenters. The van der Waals surface area contributed by atoms with Crippen molar-refractivity contribution in [1.82, 2.24) is 14.4 Å². The van der Waals surface area contributed by atoms with Crippen molar-refractivity contribution in [2.75, 3.05) is 33.4 Å². The van der Waals surface area contributed by atoms with Gasteiger partial charge in [0.1, 0.15) is 6.54 Å². The summed E-state index contributed by atoms with van der Waals surface area (Å²) in [7, 11) is 3.58. The van der Waals surface area contributed by atoms with Crippen LogP contribution in [0.3, 0.4) is 0 Å². The molecule has 2 rings (SSSR count). The third kappa shape index (κ3) is 5.70. The summed E-state index contributed by atoms with van der Waals surface area (Å²) in [5.41, 5.74) is 2.60. The Hall–Kier alpha value is -2.60. The second kappa shape index (κ2) is 10.7. The maximum absolute atomic E-state index is 13.1. The van der Waals surface area contributed by atoms with Crippen LogP contribution in [0.2, 0.25) is 0 Å². The molecular formula is C22H31N3O3. The molecule has 0 radical (unpaired) electrons. The van der Waals surface area contributed by atoms with Crippen LogP contribution >= 0.6 is 0 Å². The van der Waals surface area contributed by atoms with Gasteiger partial charge in [-0.15, -0.1) is 0 Å². The number of aryl methyl sites for hydroxylation is 2. The summed E-state index contributed by atoms with van der Waals surface area (Å²) in [5.74, 6) is -0.174. The van der Waals surface area contributed by atoms with Gasteiger partial charge in [0, 0.05) is 44.7 Å². The van der Waals surface area contributed by atoms with E-state index in [1.165, 1.54) is 0 Å². The second-order valence-corrected chi connectivity index (χ2v) is 6.96. The largest absolute Gasteiger partial charge is 0.383 e. The maximum Gasteiger partial charge on any atom is 0.254 e. The van der Waals surface area contributed by atoms with Gasteiger partial charge in [0.25, 0.3) is 5.91 Å². The van der Waals surface area contributed by atoms with E-state index < -0.39 is 0 Å². The summed E-state index contributed by atoms with van der Waals surface area (Å²) in [4.78, 5) is 29.5. The highest BCUT2D eigenvalue weighted by atomic mass is 16.5. The van der Waals surface area contributed by atoms with Gasteiger partial charge in [-0.05, 0) is 37.1 Å². The fourth-order valence-corrected chi connectivity index (χ4v) is 3.12. The van der Waals surface area contributed by atoms with Crippen LogP contribution in [-0.2, 0) is 23.1 Å². The Morgan fingerprint density at radius 2 is 1.82 bits per heavy atom. The highest BCUT2D eigenvalue weighted by Crippen LogP contribution is 2.12. The molecule has 2 aromatic rings. The van der Waals surface area contributed by atoms with E-state index >= 15 is 0 Å². The van der Waals surface area contributed by atoms with Crippen molar-refractivity contribution in [3.8, 4) is 0 Å². The smallest absolute Gasteiger partial charge is 0.254 e. The number of methoxy groups -OCH3 is 1. The number of ether oxygens (including phenoxy) is 1. The Morgan fingerprint density at radius 3 is 2.43 bits per heavy atom. The molecule has 1 aromatic heterocycles. The molecule has 2 amide bonds. The number of nitrogens with zero attached hydrogens (tertiary/aromatic N) is 3. The normalized spacial score (nSPS) is 10.7. The first-order chi connectivity index (χ1) is 13.5. The summed E-state index contributed by atoms with van der Waals surface area (Å²) in [6.07, 6.45) is 2.75. The van der Waals surface area contributed by atoms with Gasteiger partial charge < -0.3 is 19.1 Å². The fraction of sp³-hybridized carbons (Fsp3) is 0.455. The molecule has 28 heavy (non-hydrogen) atoms. The first kappa shape index (κ1) is 21.7. The van der Waals surface area contributed by atoms with E-state index in [0.29, 0.717) is 31.8 Å². The minimum Gasteiger partial charge on any atom is -0.383 e. The van der Waals surface area contributed by atoms with Gasteiger partial charge in [0.15, 0.2) is 0 Å². The van der Waals surface area contributed by atoms with Crippen LogP contribution in [0.25, 0.3) is 0 Å². The fourth-order valence-electron chi connectivity index (χ4n) is 3.12. The average molecular weight is 386 g/mol. The third-order valence-electron chi connectivity index (χ3n) is 4.80. The molecular weight excluding hydrogens is 354 g/mol. The predicted molar refractivity (Wildman–Crippen MR) is 110 cm³/mol. The number of benzene rings is 1. The number of hydrogen-bond acceptors (Lipinski definition) is 3. The second-order valence-electron chi connectivity index (χ2n) is 6.96. The lowest BCUT2D eigenvalue weighted by molar-refractivity contribution is -0.133. The predicted octanol–water partition coefficient (Wildman–Crippen LogP) is 2.86. The summed E-state index contributed by atoms with van der Waals surface area (Å²) < 4.78 is 7.17. The highest BCUT2D eigenvalue weighted by Gasteiger charge is 2.23. The first-order valence-electron chi connectivity index (χ1n) is 9.69. The molecule has 1 aromatic carbocycles. The number of carbonyl (C=O) groups is 2. The van der Waals surface area contributed by atoms with Gasteiger partial charge >= 0.3 is 0 Å². The Kier molecular flexibility index (Phi) is 8.26. The van der Waals surface area contributed by atoms with Crippen LogP contribution in [0.1, 0.15) is 35.0 Å². The molecule has 6 nitrogen and oxygen atoms in total. The number of carbonyl (C=O) groups excluding carboxylic acids is 2. The molecule has 0 bridgehead atoms. The van der Waals surface area contributed by atoms with E-state index in [2.05, 4.69) is 0 Å². The number of amides is 2. The summed E-state index contributed by atoms with van der Waals surface area (Å²) in [5, 5.41) is 0. The van der Waals surface area contributed by atoms with E-state index in [1.54, 1.807) is 16.9 Å². The first-order valence-corrected chi connectivity index (χ1v) is 9.69. The van der Waals surface area contributed by atoms with Crippen molar-refractivity contribution in [2.24, 2.45) is 7.05 Å². The topological polar surface area (TPSA) is 54.8 Å². The van der Waals surface area contributed by atoms with E-state index in [0.717, 1.165) is 17.7 Å². The van der Waals surface area contributed by atoms with E-state index in [-0.39, 0.29) is 18.4 Å². The lowest BCUT2D eigenvalue weighted by atomic mass is 10.1. The van der Waals surface area contributed by atoms with Crippen molar-refractivity contribution in [3.05, 3.63) is 59.4 Å². The lowest BCUT2D eigenvalue weighted by Crippen LogP contribution is -2.44. The quantitative estimate of drug-likeness (QED) is 0.632. The van der Waals surface area contributed by atoms with E-state index in [1.807, 2.05) is 68.1 Å². The Morgan fingerprint density at radius 1 is 1.07 bits per heavy atom. The molecule has 0 N–H and O–H groups in total. The monoisotopic (exact) mass is 385 g/mol. The third-order valence-corrected chi connectivity index (χ3v) is 4.80. The SMILES string of the molecule is CCCN(CC(=O)N(CCOC)Cc1cccn1C)C(=O)c1ccccc1C. The van der Waals surface area contributed by atoms with Crippen LogP contribution in [0.15, 0.2) is 42.6 Å². The van der Waals surface area contributed by atoms with Gasteiger partial charge in [0.05, 0.1) is 13.2 Å². The number of aromatic nitrogens is 1. The Bertz CT molecular complexity index is 785. The molecule has 0 aliphatic rings. The van der Waals surface area contributed by atoms with Crippen LogP contribution in [-0.4, -0.2) is 59.5 Å². The lowest BCUT2D eigenvalue weighted by Gasteiger charge is -2.28. The molecule has 0 fully saturated rings. The number of hydrogen-bond donors (Lipinski definition) is 0. The van der Waals surface area contributed by atoms with Crippen molar-refractivity contribution in [3.63, 3.8) is 0 Å². The van der Waals surface area contributed by atoms with Crippen LogP contribution < -0.4 is 0 Å². The molecule has 0 atom stereocenters. The minimum absolute atomic E-state index is 0.0646. The van der Waals surface area contributed by atoms with Gasteiger partial charge in [0.2, 0.25) is 5.91 Å². The van der Waals surface area contributed by atoms with E-state index in [9.17, 15) is 9.59 Å². The Labute approximate surface area is 167 Å². The summed E-state index contributed by atoms with van der Waals surface area (Å²) in [6.45, 7) is 5.96. The minimum atomic E-state index is -0.0983. The van der Waals surface area contributed by atoms with Crippen molar-refractivity contribution in [1.29, 1.82) is 0 Å².